The zero-order chi connectivity index (χ0) is 12.2. The molecule has 0 spiro atoms. The van der Waals surface area contributed by atoms with Crippen molar-refractivity contribution in [3.63, 3.8) is 0 Å². The molecule has 0 unspecified atom stereocenters. The Hall–Kier alpha value is -0.590. The number of Topliss-reactive ketones (excluding diaryl/α,β-unsaturated/α-hetero) is 1. The topological polar surface area (TPSA) is 17.1 Å². The van der Waals surface area contributed by atoms with Crippen molar-refractivity contribution in [3.8, 4) is 0 Å². The second-order valence-corrected chi connectivity index (χ2v) is 6.93. The number of allylic oxidation sites excluding steroid dienone is 2. The number of rotatable bonds is 0. The average molecular weight is 220 g/mol. The maximum Gasteiger partial charge on any atom is 0.158 e. The molecule has 0 aromatic carbocycles. The van der Waals surface area contributed by atoms with E-state index >= 15 is 0 Å². The monoisotopic (exact) mass is 220 g/mol. The molecule has 0 heterocycles. The van der Waals surface area contributed by atoms with Gasteiger partial charge in [-0.15, -0.1) is 0 Å². The van der Waals surface area contributed by atoms with Gasteiger partial charge in [-0.25, -0.2) is 0 Å². The lowest BCUT2D eigenvalue weighted by Crippen LogP contribution is -2.53. The van der Waals surface area contributed by atoms with E-state index in [0.717, 1.165) is 12.0 Å². The third-order valence-corrected chi connectivity index (χ3v) is 5.69. The molecular weight excluding hydrogens is 196 g/mol. The number of hydrogen-bond donors (Lipinski definition) is 0. The molecule has 1 heteroatoms. The van der Waals surface area contributed by atoms with Crippen molar-refractivity contribution in [2.75, 3.05) is 0 Å². The summed E-state index contributed by atoms with van der Waals surface area (Å²) < 4.78 is 0. The summed E-state index contributed by atoms with van der Waals surface area (Å²) >= 11 is 0. The molecule has 0 amide bonds. The molecule has 90 valence electrons. The summed E-state index contributed by atoms with van der Waals surface area (Å²) in [5, 5.41) is 0. The van der Waals surface area contributed by atoms with E-state index in [1.807, 2.05) is 6.92 Å². The molecule has 0 N–H and O–H groups in total. The summed E-state index contributed by atoms with van der Waals surface area (Å²) in [5.74, 6) is 0.359. The molecule has 2 aliphatic carbocycles. The van der Waals surface area contributed by atoms with Gasteiger partial charge in [0.15, 0.2) is 5.78 Å². The van der Waals surface area contributed by atoms with Gasteiger partial charge in [-0.2, -0.15) is 0 Å². The van der Waals surface area contributed by atoms with Gasteiger partial charge < -0.3 is 0 Å². The van der Waals surface area contributed by atoms with Crippen molar-refractivity contribution >= 4 is 5.78 Å². The van der Waals surface area contributed by atoms with E-state index in [1.54, 1.807) is 0 Å². The van der Waals surface area contributed by atoms with Crippen LogP contribution in [0, 0.1) is 16.2 Å². The van der Waals surface area contributed by atoms with Gasteiger partial charge in [-0.05, 0) is 41.6 Å². The Labute approximate surface area is 99.3 Å². The van der Waals surface area contributed by atoms with Gasteiger partial charge in [0.05, 0.1) is 0 Å². The maximum atomic E-state index is 11.9. The fourth-order valence-corrected chi connectivity index (χ4v) is 3.91. The van der Waals surface area contributed by atoms with Crippen molar-refractivity contribution in [2.24, 2.45) is 16.2 Å². The molecule has 0 bridgehead atoms. The van der Waals surface area contributed by atoms with Crippen molar-refractivity contribution in [3.05, 3.63) is 11.6 Å². The Morgan fingerprint density at radius 3 is 2.38 bits per heavy atom. The van der Waals surface area contributed by atoms with Crippen LogP contribution in [0.25, 0.3) is 0 Å². The van der Waals surface area contributed by atoms with Crippen LogP contribution in [0.1, 0.15) is 60.3 Å². The fourth-order valence-electron chi connectivity index (χ4n) is 3.91. The van der Waals surface area contributed by atoms with Crippen LogP contribution in [0.2, 0.25) is 0 Å². The van der Waals surface area contributed by atoms with Crippen LogP contribution in [0.15, 0.2) is 11.6 Å². The molecule has 1 fully saturated rings. The first kappa shape index (κ1) is 11.9. The average Bonchev–Trinajstić information content (AvgIpc) is 2.12. The Kier molecular flexibility index (Phi) is 2.38. The van der Waals surface area contributed by atoms with E-state index < -0.39 is 0 Å². The second-order valence-electron chi connectivity index (χ2n) is 6.93. The van der Waals surface area contributed by atoms with E-state index in [9.17, 15) is 4.79 Å². The van der Waals surface area contributed by atoms with Crippen LogP contribution in [0.4, 0.5) is 0 Å². The smallest absolute Gasteiger partial charge is 0.158 e. The van der Waals surface area contributed by atoms with Crippen molar-refractivity contribution in [1.82, 2.24) is 0 Å². The molecule has 0 aliphatic heterocycles. The Morgan fingerprint density at radius 2 is 1.75 bits per heavy atom. The Balaban J connectivity index is 2.56. The number of carbonyl (C=O) groups excluding carboxylic acids is 1. The molecule has 2 rings (SSSR count). The van der Waals surface area contributed by atoms with Crippen LogP contribution in [-0.4, -0.2) is 5.78 Å². The second kappa shape index (κ2) is 3.21. The zero-order valence-electron chi connectivity index (χ0n) is 11.3. The standard InChI is InChI=1S/C15H24O/c1-11-9-15(5)13(2,3)7-6-8-14(15,4)10-12(11)16/h9H,6-8,10H2,1-5H3/t14-,15-/m1/s1. The zero-order valence-corrected chi connectivity index (χ0v) is 11.3. The summed E-state index contributed by atoms with van der Waals surface area (Å²) in [6.45, 7) is 11.4. The lowest BCUT2D eigenvalue weighted by molar-refractivity contribution is -0.127. The predicted octanol–water partition coefficient (Wildman–Crippen LogP) is 4.13. The van der Waals surface area contributed by atoms with E-state index in [-0.39, 0.29) is 10.8 Å². The third kappa shape index (κ3) is 1.33. The van der Waals surface area contributed by atoms with Gasteiger partial charge in [0.1, 0.15) is 0 Å². The van der Waals surface area contributed by atoms with Crippen LogP contribution in [0.5, 0.6) is 0 Å². The lowest BCUT2D eigenvalue weighted by Gasteiger charge is -2.59. The minimum Gasteiger partial charge on any atom is -0.295 e. The van der Waals surface area contributed by atoms with Crippen molar-refractivity contribution in [1.29, 1.82) is 0 Å². The van der Waals surface area contributed by atoms with Gasteiger partial charge in [0.2, 0.25) is 0 Å². The molecule has 1 nitrogen and oxygen atoms in total. The summed E-state index contributed by atoms with van der Waals surface area (Å²) in [5.41, 5.74) is 1.64. The maximum absolute atomic E-state index is 11.9. The summed E-state index contributed by atoms with van der Waals surface area (Å²) in [6, 6.07) is 0. The largest absolute Gasteiger partial charge is 0.295 e. The van der Waals surface area contributed by atoms with E-state index in [4.69, 9.17) is 0 Å². The fraction of sp³-hybridized carbons (Fsp3) is 0.800. The SMILES string of the molecule is CC1=C[C@]2(C)C(C)(C)CCC[C@]2(C)CC1=O. The van der Waals surface area contributed by atoms with Gasteiger partial charge >= 0.3 is 0 Å². The molecule has 2 atom stereocenters. The molecule has 2 aliphatic rings. The molecule has 0 radical (unpaired) electrons. The number of fused-ring (bicyclic) bond motifs is 1. The van der Waals surface area contributed by atoms with Crippen LogP contribution in [-0.2, 0) is 4.79 Å². The highest BCUT2D eigenvalue weighted by molar-refractivity contribution is 5.96. The summed E-state index contributed by atoms with van der Waals surface area (Å²) in [6.07, 6.45) is 6.76. The first-order chi connectivity index (χ1) is 7.22. The van der Waals surface area contributed by atoms with Gasteiger partial charge in [-0.3, -0.25) is 4.79 Å². The first-order valence-electron chi connectivity index (χ1n) is 6.45. The van der Waals surface area contributed by atoms with E-state index in [1.165, 1.54) is 19.3 Å². The number of carbonyl (C=O) groups is 1. The Morgan fingerprint density at radius 1 is 1.12 bits per heavy atom. The Bertz CT molecular complexity index is 364. The van der Waals surface area contributed by atoms with Gasteiger partial charge in [-0.1, -0.05) is 40.2 Å². The highest BCUT2D eigenvalue weighted by Gasteiger charge is 2.56. The van der Waals surface area contributed by atoms with E-state index in [0.29, 0.717) is 11.2 Å². The molecule has 0 aromatic rings. The first-order valence-corrected chi connectivity index (χ1v) is 6.45. The quantitative estimate of drug-likeness (QED) is 0.600. The molecule has 1 saturated carbocycles. The molecule has 0 saturated heterocycles. The van der Waals surface area contributed by atoms with Crippen molar-refractivity contribution in [2.45, 2.75) is 60.3 Å². The minimum atomic E-state index is 0.172. The highest BCUT2D eigenvalue weighted by Crippen LogP contribution is 2.63. The molecule has 16 heavy (non-hydrogen) atoms. The van der Waals surface area contributed by atoms with Crippen molar-refractivity contribution < 1.29 is 4.79 Å². The normalized spacial score (nSPS) is 42.6. The summed E-state index contributed by atoms with van der Waals surface area (Å²) in [4.78, 5) is 11.9. The van der Waals surface area contributed by atoms with Gasteiger partial charge in [0.25, 0.3) is 0 Å². The number of ketones is 1. The minimum absolute atomic E-state index is 0.172. The van der Waals surface area contributed by atoms with Crippen LogP contribution >= 0.6 is 0 Å². The third-order valence-electron chi connectivity index (χ3n) is 5.69. The number of hydrogen-bond acceptors (Lipinski definition) is 1. The lowest BCUT2D eigenvalue weighted by atomic mass is 9.44. The van der Waals surface area contributed by atoms with Crippen LogP contribution < -0.4 is 0 Å². The molecular formula is C15H24O. The predicted molar refractivity (Wildman–Crippen MR) is 67.2 cm³/mol. The summed E-state index contributed by atoms with van der Waals surface area (Å²) in [7, 11) is 0. The van der Waals surface area contributed by atoms with Gasteiger partial charge in [0, 0.05) is 6.42 Å². The van der Waals surface area contributed by atoms with E-state index in [2.05, 4.69) is 33.8 Å². The molecule has 0 aromatic heterocycles. The van der Waals surface area contributed by atoms with Crippen LogP contribution in [0.3, 0.4) is 0 Å². The highest BCUT2D eigenvalue weighted by atomic mass is 16.1.